The molecular formula is C20H20N4O3. The highest BCUT2D eigenvalue weighted by Gasteiger charge is 2.26. The van der Waals surface area contributed by atoms with Crippen molar-refractivity contribution in [1.29, 1.82) is 0 Å². The summed E-state index contributed by atoms with van der Waals surface area (Å²) in [5.41, 5.74) is 2.40. The van der Waals surface area contributed by atoms with Gasteiger partial charge in [-0.15, -0.1) is 0 Å². The molecule has 27 heavy (non-hydrogen) atoms. The smallest absolute Gasteiger partial charge is 0.231 e. The molecule has 2 aromatic heterocycles. The molecule has 7 nitrogen and oxygen atoms in total. The minimum atomic E-state index is 0.151. The highest BCUT2D eigenvalue weighted by atomic mass is 16.7. The number of ether oxygens (including phenoxy) is 3. The van der Waals surface area contributed by atoms with Crippen LogP contribution in [0.15, 0.2) is 55.0 Å². The fourth-order valence-corrected chi connectivity index (χ4v) is 3.63. The monoisotopic (exact) mass is 364 g/mol. The fourth-order valence-electron chi connectivity index (χ4n) is 3.63. The number of aromatic nitrogens is 3. The van der Waals surface area contributed by atoms with Crippen LogP contribution in [0.1, 0.15) is 17.3 Å². The van der Waals surface area contributed by atoms with Crippen molar-refractivity contribution in [3.63, 3.8) is 0 Å². The average molecular weight is 364 g/mol. The van der Waals surface area contributed by atoms with Gasteiger partial charge in [0.25, 0.3) is 0 Å². The zero-order valence-corrected chi connectivity index (χ0v) is 14.8. The molecule has 1 aromatic carbocycles. The van der Waals surface area contributed by atoms with Crippen molar-refractivity contribution in [2.75, 3.05) is 19.9 Å². The van der Waals surface area contributed by atoms with E-state index in [1.165, 1.54) is 11.3 Å². The van der Waals surface area contributed by atoms with Crippen molar-refractivity contribution in [1.82, 2.24) is 19.7 Å². The third-order valence-electron chi connectivity index (χ3n) is 4.87. The van der Waals surface area contributed by atoms with Gasteiger partial charge in [-0.1, -0.05) is 6.07 Å². The second-order valence-corrected chi connectivity index (χ2v) is 6.78. The first-order chi connectivity index (χ1) is 13.3. The van der Waals surface area contributed by atoms with Crippen LogP contribution in [0, 0.1) is 0 Å². The molecule has 0 fully saturated rings. The van der Waals surface area contributed by atoms with E-state index < -0.39 is 0 Å². The molecule has 2 aliphatic heterocycles. The molecular weight excluding hydrogens is 344 g/mol. The zero-order chi connectivity index (χ0) is 18.1. The van der Waals surface area contributed by atoms with E-state index in [1.54, 1.807) is 12.4 Å². The Hall–Kier alpha value is -3.06. The Morgan fingerprint density at radius 3 is 3.00 bits per heavy atom. The van der Waals surface area contributed by atoms with Crippen molar-refractivity contribution in [2.45, 2.75) is 19.1 Å². The Kier molecular flexibility index (Phi) is 4.14. The fraction of sp³-hybridized carbons (Fsp3) is 0.300. The maximum absolute atomic E-state index is 5.94. The summed E-state index contributed by atoms with van der Waals surface area (Å²) < 4.78 is 18.9. The summed E-state index contributed by atoms with van der Waals surface area (Å²) in [6.07, 6.45) is 5.33. The number of nitrogens with zero attached hydrogens (tertiary/aromatic N) is 4. The Bertz CT molecular complexity index is 928. The van der Waals surface area contributed by atoms with Gasteiger partial charge in [-0.2, -0.15) is 5.10 Å². The summed E-state index contributed by atoms with van der Waals surface area (Å²) in [6.45, 7) is 3.42. The lowest BCUT2D eigenvalue weighted by Gasteiger charge is -2.33. The molecule has 0 saturated heterocycles. The Morgan fingerprint density at radius 1 is 1.11 bits per heavy atom. The average Bonchev–Trinajstić information content (AvgIpc) is 3.35. The Morgan fingerprint density at radius 2 is 2.07 bits per heavy atom. The summed E-state index contributed by atoms with van der Waals surface area (Å²) in [5, 5.41) is 4.50. The number of rotatable bonds is 5. The molecule has 3 aromatic rings. The number of hydrogen-bond acceptors (Lipinski definition) is 6. The van der Waals surface area contributed by atoms with Gasteiger partial charge in [-0.05, 0) is 35.9 Å². The van der Waals surface area contributed by atoms with E-state index in [2.05, 4.69) is 37.9 Å². The molecule has 0 bridgehead atoms. The Balaban J connectivity index is 1.30. The molecule has 0 amide bonds. The van der Waals surface area contributed by atoms with Gasteiger partial charge in [-0.3, -0.25) is 14.6 Å². The van der Waals surface area contributed by atoms with Crippen molar-refractivity contribution in [3.8, 4) is 17.2 Å². The molecule has 5 rings (SSSR count). The lowest BCUT2D eigenvalue weighted by molar-refractivity contribution is 0.127. The van der Waals surface area contributed by atoms with Gasteiger partial charge in [0.15, 0.2) is 11.5 Å². The predicted molar refractivity (Wildman–Crippen MR) is 97.7 cm³/mol. The molecule has 0 unspecified atom stereocenters. The molecule has 1 atom stereocenters. The number of hydrogen-bond donors (Lipinski definition) is 0. The van der Waals surface area contributed by atoms with Crippen LogP contribution in [0.4, 0.5) is 0 Å². The van der Waals surface area contributed by atoms with Crippen LogP contribution in [0.25, 0.3) is 0 Å². The number of benzene rings is 1. The minimum absolute atomic E-state index is 0.151. The van der Waals surface area contributed by atoms with Crippen LogP contribution in [-0.2, 0) is 13.1 Å². The van der Waals surface area contributed by atoms with Crippen molar-refractivity contribution >= 4 is 0 Å². The largest absolute Gasteiger partial charge is 0.490 e. The van der Waals surface area contributed by atoms with Crippen molar-refractivity contribution in [2.24, 2.45) is 0 Å². The van der Waals surface area contributed by atoms with Crippen LogP contribution >= 0.6 is 0 Å². The lowest BCUT2D eigenvalue weighted by atomic mass is 10.1. The molecule has 0 aliphatic carbocycles. The third kappa shape index (κ3) is 3.33. The van der Waals surface area contributed by atoms with Crippen LogP contribution in [0.2, 0.25) is 0 Å². The van der Waals surface area contributed by atoms with Gasteiger partial charge in [0, 0.05) is 32.0 Å². The van der Waals surface area contributed by atoms with Crippen LogP contribution in [0.3, 0.4) is 0 Å². The number of pyridine rings is 1. The first-order valence-electron chi connectivity index (χ1n) is 9.01. The van der Waals surface area contributed by atoms with Crippen molar-refractivity contribution in [3.05, 3.63) is 66.2 Å². The molecule has 4 heterocycles. The normalized spacial score (nSPS) is 18.3. The third-order valence-corrected chi connectivity index (χ3v) is 4.87. The SMILES string of the molecule is c1cncc(OC[C@H]2CN(Cc3ccc4c(c3)OCO4)Cc3ccnn32)c1. The van der Waals surface area contributed by atoms with E-state index >= 15 is 0 Å². The molecule has 0 spiro atoms. The first-order valence-corrected chi connectivity index (χ1v) is 9.01. The molecule has 0 N–H and O–H groups in total. The quantitative estimate of drug-likeness (QED) is 0.694. The van der Waals surface area contributed by atoms with E-state index in [9.17, 15) is 0 Å². The van der Waals surface area contributed by atoms with Crippen LogP contribution in [-0.4, -0.2) is 39.6 Å². The van der Waals surface area contributed by atoms with E-state index in [0.29, 0.717) is 13.4 Å². The maximum atomic E-state index is 5.94. The van der Waals surface area contributed by atoms with Crippen LogP contribution < -0.4 is 14.2 Å². The molecule has 138 valence electrons. The highest BCUT2D eigenvalue weighted by Crippen LogP contribution is 2.33. The van der Waals surface area contributed by atoms with E-state index in [1.807, 2.05) is 24.4 Å². The lowest BCUT2D eigenvalue weighted by Crippen LogP contribution is -2.39. The maximum Gasteiger partial charge on any atom is 0.231 e. The summed E-state index contributed by atoms with van der Waals surface area (Å²) in [7, 11) is 0. The van der Waals surface area contributed by atoms with Gasteiger partial charge >= 0.3 is 0 Å². The summed E-state index contributed by atoms with van der Waals surface area (Å²) in [6, 6.07) is 12.2. The molecule has 7 heteroatoms. The zero-order valence-electron chi connectivity index (χ0n) is 14.8. The Labute approximate surface area is 157 Å². The summed E-state index contributed by atoms with van der Waals surface area (Å²) in [4.78, 5) is 6.51. The second-order valence-electron chi connectivity index (χ2n) is 6.78. The topological polar surface area (TPSA) is 61.6 Å². The summed E-state index contributed by atoms with van der Waals surface area (Å²) >= 11 is 0. The van der Waals surface area contributed by atoms with Gasteiger partial charge in [0.05, 0.1) is 17.9 Å². The molecule has 0 radical (unpaired) electrons. The van der Waals surface area contributed by atoms with Gasteiger partial charge in [0.1, 0.15) is 12.4 Å². The molecule has 0 saturated carbocycles. The predicted octanol–water partition coefficient (Wildman–Crippen LogP) is 2.64. The minimum Gasteiger partial charge on any atom is -0.490 e. The first kappa shape index (κ1) is 16.1. The van der Waals surface area contributed by atoms with E-state index in [0.717, 1.165) is 36.9 Å². The second kappa shape index (κ2) is 6.92. The van der Waals surface area contributed by atoms with Crippen LogP contribution in [0.5, 0.6) is 17.2 Å². The highest BCUT2D eigenvalue weighted by molar-refractivity contribution is 5.44. The van der Waals surface area contributed by atoms with E-state index in [-0.39, 0.29) is 6.04 Å². The summed E-state index contributed by atoms with van der Waals surface area (Å²) in [5.74, 6) is 2.42. The van der Waals surface area contributed by atoms with Gasteiger partial charge in [0.2, 0.25) is 6.79 Å². The van der Waals surface area contributed by atoms with Gasteiger partial charge < -0.3 is 14.2 Å². The molecule has 2 aliphatic rings. The van der Waals surface area contributed by atoms with E-state index in [4.69, 9.17) is 14.2 Å². The standard InChI is InChI=1S/C20H20N4O3/c1-2-18(9-21-6-1)25-13-17-12-23(11-16-5-7-22-24(16)17)10-15-3-4-19-20(8-15)27-14-26-19/h1-9,17H,10-14H2/t17-/m1/s1. The van der Waals surface area contributed by atoms with Crippen molar-refractivity contribution < 1.29 is 14.2 Å². The number of fused-ring (bicyclic) bond motifs is 2. The van der Waals surface area contributed by atoms with Gasteiger partial charge in [-0.25, -0.2) is 0 Å².